The molecule has 17 heavy (non-hydrogen) atoms. The number of rotatable bonds is 2. The van der Waals surface area contributed by atoms with Gasteiger partial charge in [-0.15, -0.1) is 0 Å². The van der Waals surface area contributed by atoms with Crippen molar-refractivity contribution in [2.75, 3.05) is 6.61 Å². The van der Waals surface area contributed by atoms with E-state index in [1.54, 1.807) is 4.98 Å². The fourth-order valence-corrected chi connectivity index (χ4v) is 1.29. The summed E-state index contributed by atoms with van der Waals surface area (Å²) in [6.45, 7) is 1.57. The summed E-state index contributed by atoms with van der Waals surface area (Å²) in [6, 6.07) is 0.875. The molecule has 0 spiro atoms. The number of carbonyl (C=O) groups is 1. The number of aromatic amines is 1. The molecule has 0 atom stereocenters. The molecule has 0 bridgehead atoms. The fourth-order valence-electron chi connectivity index (χ4n) is 1.29. The van der Waals surface area contributed by atoms with E-state index in [4.69, 9.17) is 0 Å². The minimum atomic E-state index is -4.66. The average Bonchev–Trinajstić information content (AvgIpc) is 2.19. The highest BCUT2D eigenvalue weighted by Crippen LogP contribution is 2.25. The summed E-state index contributed by atoms with van der Waals surface area (Å²) in [5.74, 6) is -0.939. The first-order valence-corrected chi connectivity index (χ1v) is 4.75. The summed E-state index contributed by atoms with van der Waals surface area (Å²) >= 11 is 0. The fraction of sp³-hybridized carbons (Fsp3) is 0.333. The molecule has 0 radical (unpaired) electrons. The smallest absolute Gasteiger partial charge is 0.430 e. The van der Waals surface area contributed by atoms with Gasteiger partial charge in [0.15, 0.2) is 0 Å². The van der Waals surface area contributed by atoms with Gasteiger partial charge in [0.1, 0.15) is 19.1 Å². The van der Waals surface area contributed by atoms with E-state index in [9.17, 15) is 22.8 Å². The molecule has 0 aliphatic carbocycles. The molecule has 0 saturated heterocycles. The number of ether oxygens (including phenoxy) is 1. The van der Waals surface area contributed by atoms with Crippen LogP contribution >= 0.6 is 0 Å². The van der Waals surface area contributed by atoms with Gasteiger partial charge in [0.05, 0.1) is 6.61 Å². The standard InChI is InChI=1S/C9H9BF3NO3/c1-2-17-8(16)4-3-5(10)6(9(11,12)13)14-7(4)15/h3H,2,10H2,1H3,(H,14,15). The highest BCUT2D eigenvalue weighted by Gasteiger charge is 2.34. The summed E-state index contributed by atoms with van der Waals surface area (Å²) < 4.78 is 41.8. The van der Waals surface area contributed by atoms with Gasteiger partial charge in [-0.1, -0.05) is 5.46 Å². The summed E-state index contributed by atoms with van der Waals surface area (Å²) in [4.78, 5) is 24.2. The van der Waals surface area contributed by atoms with Crippen LogP contribution in [0.5, 0.6) is 0 Å². The Hall–Kier alpha value is -1.73. The van der Waals surface area contributed by atoms with Gasteiger partial charge in [0.25, 0.3) is 5.56 Å². The van der Waals surface area contributed by atoms with Crippen LogP contribution in [0, 0.1) is 0 Å². The maximum atomic E-state index is 12.4. The van der Waals surface area contributed by atoms with Gasteiger partial charge in [0.2, 0.25) is 0 Å². The van der Waals surface area contributed by atoms with Crippen molar-refractivity contribution in [3.63, 3.8) is 0 Å². The molecule has 8 heteroatoms. The van der Waals surface area contributed by atoms with Gasteiger partial charge < -0.3 is 9.72 Å². The number of alkyl halides is 3. The number of pyridine rings is 1. The molecule has 1 rings (SSSR count). The van der Waals surface area contributed by atoms with E-state index in [0.29, 0.717) is 0 Å². The summed E-state index contributed by atoms with van der Waals surface area (Å²) in [5.41, 5.74) is -2.94. The van der Waals surface area contributed by atoms with E-state index < -0.39 is 29.0 Å². The van der Waals surface area contributed by atoms with Gasteiger partial charge in [-0.2, -0.15) is 13.2 Å². The first-order valence-electron chi connectivity index (χ1n) is 4.75. The molecular weight excluding hydrogens is 238 g/mol. The lowest BCUT2D eigenvalue weighted by molar-refractivity contribution is -0.140. The third-order valence-corrected chi connectivity index (χ3v) is 2.02. The first kappa shape index (κ1) is 13.3. The van der Waals surface area contributed by atoms with Crippen molar-refractivity contribution < 1.29 is 22.7 Å². The van der Waals surface area contributed by atoms with Crippen molar-refractivity contribution in [2.45, 2.75) is 13.1 Å². The minimum Gasteiger partial charge on any atom is -0.462 e. The molecule has 0 amide bonds. The molecule has 1 aromatic rings. The van der Waals surface area contributed by atoms with Gasteiger partial charge in [-0.3, -0.25) is 4.79 Å². The molecule has 0 saturated carbocycles. The molecule has 1 N–H and O–H groups in total. The second-order valence-electron chi connectivity index (χ2n) is 3.29. The van der Waals surface area contributed by atoms with Gasteiger partial charge >= 0.3 is 12.1 Å². The van der Waals surface area contributed by atoms with Gasteiger partial charge in [-0.05, 0) is 13.0 Å². The third kappa shape index (κ3) is 2.89. The predicted octanol–water partition coefficient (Wildman–Crippen LogP) is -0.171. The SMILES string of the molecule is Bc1cc(C(=O)OCC)c(=O)[nH]c1C(F)(F)F. The van der Waals surface area contributed by atoms with E-state index in [1.807, 2.05) is 0 Å². The highest BCUT2D eigenvalue weighted by molar-refractivity contribution is 6.33. The zero-order valence-corrected chi connectivity index (χ0v) is 9.14. The number of esters is 1. The lowest BCUT2D eigenvalue weighted by Crippen LogP contribution is -2.31. The summed E-state index contributed by atoms with van der Waals surface area (Å²) in [6.07, 6.45) is -4.66. The lowest BCUT2D eigenvalue weighted by atomic mass is 9.92. The molecule has 0 aliphatic heterocycles. The Labute approximate surface area is 95.2 Å². The van der Waals surface area contributed by atoms with Crippen molar-refractivity contribution in [1.82, 2.24) is 4.98 Å². The number of carbonyl (C=O) groups excluding carboxylic acids is 1. The first-order chi connectivity index (χ1) is 7.77. The van der Waals surface area contributed by atoms with Crippen LogP contribution in [-0.2, 0) is 10.9 Å². The third-order valence-electron chi connectivity index (χ3n) is 2.02. The minimum absolute atomic E-state index is 0.0400. The Morgan fingerprint density at radius 2 is 2.12 bits per heavy atom. The topological polar surface area (TPSA) is 59.2 Å². The number of hydrogen-bond acceptors (Lipinski definition) is 3. The van der Waals surface area contributed by atoms with Crippen LogP contribution in [0.1, 0.15) is 23.0 Å². The molecule has 1 aromatic heterocycles. The van der Waals surface area contributed by atoms with Crippen LogP contribution < -0.4 is 11.0 Å². The number of nitrogens with one attached hydrogen (secondary N) is 1. The molecule has 1 heterocycles. The van der Waals surface area contributed by atoms with Crippen molar-refractivity contribution in [3.8, 4) is 0 Å². The van der Waals surface area contributed by atoms with Crippen LogP contribution in [0.3, 0.4) is 0 Å². The van der Waals surface area contributed by atoms with Crippen LogP contribution in [0.15, 0.2) is 10.9 Å². The zero-order valence-electron chi connectivity index (χ0n) is 9.14. The van der Waals surface area contributed by atoms with E-state index in [-0.39, 0.29) is 12.1 Å². The van der Waals surface area contributed by atoms with Crippen LogP contribution in [0.4, 0.5) is 13.2 Å². The van der Waals surface area contributed by atoms with E-state index >= 15 is 0 Å². The second kappa shape index (κ2) is 4.64. The highest BCUT2D eigenvalue weighted by atomic mass is 19.4. The quantitative estimate of drug-likeness (QED) is 0.583. The van der Waals surface area contributed by atoms with E-state index in [1.165, 1.54) is 6.92 Å². The lowest BCUT2D eigenvalue weighted by Gasteiger charge is -2.10. The Morgan fingerprint density at radius 3 is 2.59 bits per heavy atom. The zero-order chi connectivity index (χ0) is 13.2. The number of halogens is 3. The summed E-state index contributed by atoms with van der Waals surface area (Å²) in [7, 11) is 1.15. The maximum Gasteiger partial charge on any atom is 0.430 e. The summed E-state index contributed by atoms with van der Waals surface area (Å²) in [5, 5.41) is 0. The Morgan fingerprint density at radius 1 is 1.53 bits per heavy atom. The Bertz CT molecular complexity index is 495. The second-order valence-corrected chi connectivity index (χ2v) is 3.29. The van der Waals surface area contributed by atoms with Crippen LogP contribution in [-0.4, -0.2) is 25.4 Å². The largest absolute Gasteiger partial charge is 0.462 e. The van der Waals surface area contributed by atoms with Gasteiger partial charge in [0, 0.05) is 0 Å². The number of hydrogen-bond donors (Lipinski definition) is 1. The normalized spacial score (nSPS) is 11.3. The van der Waals surface area contributed by atoms with E-state index in [0.717, 1.165) is 13.9 Å². The van der Waals surface area contributed by atoms with Gasteiger partial charge in [-0.25, -0.2) is 4.79 Å². The molecule has 0 fully saturated rings. The van der Waals surface area contributed by atoms with E-state index in [2.05, 4.69) is 4.74 Å². The Kier molecular flexibility index (Phi) is 3.64. The molecule has 0 unspecified atom stereocenters. The predicted molar refractivity (Wildman–Crippen MR) is 56.2 cm³/mol. The number of H-pyrrole nitrogens is 1. The maximum absolute atomic E-state index is 12.4. The molecule has 4 nitrogen and oxygen atoms in total. The van der Waals surface area contributed by atoms with Crippen LogP contribution in [0.2, 0.25) is 0 Å². The monoisotopic (exact) mass is 247 g/mol. The molecule has 92 valence electrons. The molecule has 0 aliphatic rings. The van der Waals surface area contributed by atoms with Crippen LogP contribution in [0.25, 0.3) is 0 Å². The molecular formula is C9H9BF3NO3. The Balaban J connectivity index is 3.29. The van der Waals surface area contributed by atoms with Crippen molar-refractivity contribution in [3.05, 3.63) is 27.7 Å². The van der Waals surface area contributed by atoms with Crippen molar-refractivity contribution in [1.29, 1.82) is 0 Å². The van der Waals surface area contributed by atoms with Crippen molar-refractivity contribution in [2.24, 2.45) is 0 Å². The number of aromatic nitrogens is 1. The molecule has 0 aromatic carbocycles. The van der Waals surface area contributed by atoms with Crippen molar-refractivity contribution >= 4 is 19.3 Å². The average molecular weight is 247 g/mol.